The quantitative estimate of drug-likeness (QED) is 0.825. The van der Waals surface area contributed by atoms with E-state index in [-0.39, 0.29) is 0 Å². The number of hydrogen-bond donors (Lipinski definition) is 2. The first-order valence-electron chi connectivity index (χ1n) is 6.84. The van der Waals surface area contributed by atoms with Crippen LogP contribution in [0.25, 0.3) is 11.0 Å². The second-order valence-electron chi connectivity index (χ2n) is 4.76. The van der Waals surface area contributed by atoms with Gasteiger partial charge in [0, 0.05) is 17.9 Å². The Bertz CT molecular complexity index is 549. The first kappa shape index (κ1) is 12.8. The summed E-state index contributed by atoms with van der Waals surface area (Å²) in [6.45, 7) is 3.84. The van der Waals surface area contributed by atoms with Crippen molar-refractivity contribution in [3.05, 3.63) is 18.2 Å². The van der Waals surface area contributed by atoms with Crippen molar-refractivity contribution >= 4 is 22.8 Å². The standard InChI is InChI=1S/C14H19N3OS/c1-2-18-11-5-6-12-13(8-11)17-14(16-12)19-9-10-4-3-7-15-10/h5-6,8,10,15H,2-4,7,9H2,1H3,(H,16,17)/t10-/m1/s1. The predicted molar refractivity (Wildman–Crippen MR) is 79.0 cm³/mol. The summed E-state index contributed by atoms with van der Waals surface area (Å²) in [6, 6.07) is 6.63. The third-order valence-electron chi connectivity index (χ3n) is 3.33. The number of rotatable bonds is 5. The molecule has 0 aliphatic carbocycles. The van der Waals surface area contributed by atoms with Crippen molar-refractivity contribution in [2.75, 3.05) is 18.9 Å². The number of aromatic amines is 1. The van der Waals surface area contributed by atoms with Crippen molar-refractivity contribution in [3.8, 4) is 5.75 Å². The van der Waals surface area contributed by atoms with Crippen LogP contribution in [-0.2, 0) is 0 Å². The lowest BCUT2D eigenvalue weighted by Crippen LogP contribution is -2.23. The average molecular weight is 277 g/mol. The number of H-pyrrole nitrogens is 1. The van der Waals surface area contributed by atoms with Crippen LogP contribution in [0.1, 0.15) is 19.8 Å². The van der Waals surface area contributed by atoms with Crippen molar-refractivity contribution < 1.29 is 4.74 Å². The molecule has 2 N–H and O–H groups in total. The fourth-order valence-electron chi connectivity index (χ4n) is 2.37. The normalized spacial score (nSPS) is 19.1. The van der Waals surface area contributed by atoms with Crippen LogP contribution in [0.15, 0.2) is 23.4 Å². The van der Waals surface area contributed by atoms with Crippen LogP contribution in [0.4, 0.5) is 0 Å². The zero-order chi connectivity index (χ0) is 13.1. The molecule has 0 bridgehead atoms. The number of hydrogen-bond acceptors (Lipinski definition) is 4. The van der Waals surface area contributed by atoms with Gasteiger partial charge in [-0.25, -0.2) is 4.98 Å². The molecule has 1 atom stereocenters. The fraction of sp³-hybridized carbons (Fsp3) is 0.500. The van der Waals surface area contributed by atoms with E-state index in [9.17, 15) is 0 Å². The van der Waals surface area contributed by atoms with Crippen molar-refractivity contribution in [1.82, 2.24) is 15.3 Å². The van der Waals surface area contributed by atoms with Gasteiger partial charge in [0.05, 0.1) is 17.6 Å². The van der Waals surface area contributed by atoms with Gasteiger partial charge in [0.25, 0.3) is 0 Å². The number of fused-ring (bicyclic) bond motifs is 1. The van der Waals surface area contributed by atoms with Crippen molar-refractivity contribution in [3.63, 3.8) is 0 Å². The molecule has 2 aromatic rings. The maximum absolute atomic E-state index is 5.50. The van der Waals surface area contributed by atoms with Gasteiger partial charge in [0.2, 0.25) is 0 Å². The molecule has 19 heavy (non-hydrogen) atoms. The van der Waals surface area contributed by atoms with Gasteiger partial charge in [-0.3, -0.25) is 0 Å². The van der Waals surface area contributed by atoms with Crippen LogP contribution in [-0.4, -0.2) is 34.9 Å². The topological polar surface area (TPSA) is 49.9 Å². The summed E-state index contributed by atoms with van der Waals surface area (Å²) >= 11 is 1.79. The van der Waals surface area contributed by atoms with E-state index in [1.54, 1.807) is 11.8 Å². The van der Waals surface area contributed by atoms with Gasteiger partial charge < -0.3 is 15.0 Å². The first-order chi connectivity index (χ1) is 9.35. The molecule has 0 spiro atoms. The Kier molecular flexibility index (Phi) is 3.94. The Morgan fingerprint density at radius 2 is 2.42 bits per heavy atom. The summed E-state index contributed by atoms with van der Waals surface area (Å²) in [5.74, 6) is 1.98. The molecule has 1 aliphatic heterocycles. The van der Waals surface area contributed by atoms with Gasteiger partial charge >= 0.3 is 0 Å². The minimum absolute atomic E-state index is 0.636. The number of nitrogens with zero attached hydrogens (tertiary/aromatic N) is 1. The van der Waals surface area contributed by atoms with Gasteiger partial charge in [-0.2, -0.15) is 0 Å². The van der Waals surface area contributed by atoms with Gasteiger partial charge in [-0.15, -0.1) is 0 Å². The number of nitrogens with one attached hydrogen (secondary N) is 2. The zero-order valence-corrected chi connectivity index (χ0v) is 11.9. The summed E-state index contributed by atoms with van der Waals surface area (Å²) in [6.07, 6.45) is 2.57. The van der Waals surface area contributed by atoms with E-state index in [0.29, 0.717) is 12.6 Å². The summed E-state index contributed by atoms with van der Waals surface area (Å²) in [5, 5.41) is 4.50. The molecule has 4 nitrogen and oxygen atoms in total. The van der Waals surface area contributed by atoms with Gasteiger partial charge in [-0.1, -0.05) is 11.8 Å². The molecule has 0 amide bonds. The van der Waals surface area contributed by atoms with E-state index in [1.807, 2.05) is 25.1 Å². The molecular weight excluding hydrogens is 258 g/mol. The van der Waals surface area contributed by atoms with Gasteiger partial charge in [0.15, 0.2) is 5.16 Å². The Morgan fingerprint density at radius 3 is 3.21 bits per heavy atom. The summed E-state index contributed by atoms with van der Waals surface area (Å²) in [5.41, 5.74) is 2.05. The zero-order valence-electron chi connectivity index (χ0n) is 11.1. The highest BCUT2D eigenvalue weighted by Crippen LogP contribution is 2.24. The third-order valence-corrected chi connectivity index (χ3v) is 4.36. The number of ether oxygens (including phenoxy) is 1. The highest BCUT2D eigenvalue weighted by Gasteiger charge is 2.15. The second kappa shape index (κ2) is 5.84. The highest BCUT2D eigenvalue weighted by atomic mass is 32.2. The second-order valence-corrected chi connectivity index (χ2v) is 5.77. The SMILES string of the molecule is CCOc1ccc2nc(SC[C@H]3CCCN3)[nH]c2c1. The summed E-state index contributed by atoms with van der Waals surface area (Å²) in [7, 11) is 0. The molecule has 0 unspecified atom stereocenters. The van der Waals surface area contributed by atoms with Crippen LogP contribution >= 0.6 is 11.8 Å². The van der Waals surface area contributed by atoms with Crippen LogP contribution in [0.5, 0.6) is 5.75 Å². The molecule has 5 heteroatoms. The van der Waals surface area contributed by atoms with Crippen LogP contribution in [0.2, 0.25) is 0 Å². The molecule has 1 fully saturated rings. The first-order valence-corrected chi connectivity index (χ1v) is 7.82. The molecule has 1 aliphatic rings. The molecule has 1 aromatic carbocycles. The number of imidazole rings is 1. The number of aromatic nitrogens is 2. The molecule has 1 saturated heterocycles. The molecule has 1 aromatic heterocycles. The lowest BCUT2D eigenvalue weighted by Gasteiger charge is -2.06. The minimum Gasteiger partial charge on any atom is -0.494 e. The van der Waals surface area contributed by atoms with E-state index < -0.39 is 0 Å². The Balaban J connectivity index is 1.69. The fourth-order valence-corrected chi connectivity index (χ4v) is 3.36. The molecule has 102 valence electrons. The molecule has 2 heterocycles. The minimum atomic E-state index is 0.636. The van der Waals surface area contributed by atoms with E-state index in [0.717, 1.165) is 34.2 Å². The Labute approximate surface area is 117 Å². The lowest BCUT2D eigenvalue weighted by atomic mass is 10.3. The molecule has 0 saturated carbocycles. The molecular formula is C14H19N3OS. The monoisotopic (exact) mass is 277 g/mol. The Morgan fingerprint density at radius 1 is 1.47 bits per heavy atom. The molecule has 3 rings (SSSR count). The smallest absolute Gasteiger partial charge is 0.166 e. The highest BCUT2D eigenvalue weighted by molar-refractivity contribution is 7.99. The maximum Gasteiger partial charge on any atom is 0.166 e. The summed E-state index contributed by atoms with van der Waals surface area (Å²) in [4.78, 5) is 7.96. The lowest BCUT2D eigenvalue weighted by molar-refractivity contribution is 0.340. The van der Waals surface area contributed by atoms with Gasteiger partial charge in [-0.05, 0) is 38.4 Å². The van der Waals surface area contributed by atoms with Crippen molar-refractivity contribution in [2.45, 2.75) is 31.0 Å². The van der Waals surface area contributed by atoms with Crippen LogP contribution < -0.4 is 10.1 Å². The van der Waals surface area contributed by atoms with Crippen LogP contribution in [0, 0.1) is 0 Å². The maximum atomic E-state index is 5.50. The summed E-state index contributed by atoms with van der Waals surface area (Å²) < 4.78 is 5.50. The van der Waals surface area contributed by atoms with E-state index in [4.69, 9.17) is 4.74 Å². The average Bonchev–Trinajstić information content (AvgIpc) is 3.05. The van der Waals surface area contributed by atoms with Crippen molar-refractivity contribution in [1.29, 1.82) is 0 Å². The van der Waals surface area contributed by atoms with Gasteiger partial charge in [0.1, 0.15) is 5.75 Å². The number of thioether (sulfide) groups is 1. The molecule has 0 radical (unpaired) electrons. The van der Waals surface area contributed by atoms with Crippen LogP contribution in [0.3, 0.4) is 0 Å². The van der Waals surface area contributed by atoms with E-state index in [1.165, 1.54) is 12.8 Å². The number of benzene rings is 1. The van der Waals surface area contributed by atoms with E-state index >= 15 is 0 Å². The largest absolute Gasteiger partial charge is 0.494 e. The van der Waals surface area contributed by atoms with Crippen molar-refractivity contribution in [2.24, 2.45) is 0 Å². The van der Waals surface area contributed by atoms with E-state index in [2.05, 4.69) is 15.3 Å². The third kappa shape index (κ3) is 3.04. The predicted octanol–water partition coefficient (Wildman–Crippen LogP) is 2.81. The Hall–Kier alpha value is -1.20.